The number of hydrogen-bond acceptors (Lipinski definition) is 2. The first-order chi connectivity index (χ1) is 9.98. The van der Waals surface area contributed by atoms with Crippen molar-refractivity contribution in [2.75, 3.05) is 18.0 Å². The van der Waals surface area contributed by atoms with E-state index in [4.69, 9.17) is 5.11 Å². The number of aryl methyl sites for hydroxylation is 1. The minimum absolute atomic E-state index is 0.0767. The van der Waals surface area contributed by atoms with Gasteiger partial charge in [-0.1, -0.05) is 6.92 Å². The Labute approximate surface area is 123 Å². The van der Waals surface area contributed by atoms with Gasteiger partial charge in [-0.2, -0.15) is 0 Å². The second-order valence-electron chi connectivity index (χ2n) is 6.37. The molecule has 2 aliphatic rings. The Bertz CT molecular complexity index is 593. The van der Waals surface area contributed by atoms with E-state index in [0.29, 0.717) is 13.1 Å². The smallest absolute Gasteiger partial charge is 0.335 e. The summed E-state index contributed by atoms with van der Waals surface area (Å²) >= 11 is 0. The normalized spacial score (nSPS) is 18.8. The van der Waals surface area contributed by atoms with Gasteiger partial charge in [0.25, 0.3) is 0 Å². The standard InChI is InChI=1S/C16H20N2O3/c1-16(6-7-16)10-17-15(21)18-8-2-3-11-9-12(14(19)20)4-5-13(11)18/h4-5,9H,2-3,6-8,10H2,1H3,(H,17,21)(H,19,20). The molecule has 1 saturated carbocycles. The number of carbonyl (C=O) groups excluding carboxylic acids is 1. The zero-order chi connectivity index (χ0) is 15.0. The molecule has 0 spiro atoms. The first kappa shape index (κ1) is 13.9. The monoisotopic (exact) mass is 288 g/mol. The van der Waals surface area contributed by atoms with Crippen LogP contribution in [0.2, 0.25) is 0 Å². The molecule has 21 heavy (non-hydrogen) atoms. The van der Waals surface area contributed by atoms with Crippen LogP contribution in [0.3, 0.4) is 0 Å². The number of hydrogen-bond donors (Lipinski definition) is 2. The number of nitrogens with one attached hydrogen (secondary N) is 1. The minimum Gasteiger partial charge on any atom is -0.478 e. The molecule has 0 saturated heterocycles. The molecule has 0 aromatic heterocycles. The molecule has 1 heterocycles. The summed E-state index contributed by atoms with van der Waals surface area (Å²) in [7, 11) is 0. The number of urea groups is 1. The Balaban J connectivity index is 1.76. The first-order valence-corrected chi connectivity index (χ1v) is 7.40. The molecule has 3 rings (SSSR count). The lowest BCUT2D eigenvalue weighted by Crippen LogP contribution is -2.44. The van der Waals surface area contributed by atoms with Crippen molar-refractivity contribution in [2.45, 2.75) is 32.6 Å². The summed E-state index contributed by atoms with van der Waals surface area (Å²) in [6, 6.07) is 4.91. The van der Waals surface area contributed by atoms with Gasteiger partial charge in [-0.25, -0.2) is 9.59 Å². The van der Waals surface area contributed by atoms with Gasteiger partial charge in [-0.05, 0) is 54.9 Å². The lowest BCUT2D eigenvalue weighted by Gasteiger charge is -2.30. The van der Waals surface area contributed by atoms with E-state index in [1.807, 2.05) is 0 Å². The fourth-order valence-corrected chi connectivity index (χ4v) is 2.72. The highest BCUT2D eigenvalue weighted by molar-refractivity contribution is 5.95. The van der Waals surface area contributed by atoms with Crippen LogP contribution in [0.25, 0.3) is 0 Å². The van der Waals surface area contributed by atoms with Crippen molar-refractivity contribution in [3.8, 4) is 0 Å². The Morgan fingerprint density at radius 2 is 2.14 bits per heavy atom. The van der Waals surface area contributed by atoms with E-state index in [1.54, 1.807) is 23.1 Å². The Hall–Kier alpha value is -2.04. The molecule has 5 heteroatoms. The molecule has 0 bridgehead atoms. The van der Waals surface area contributed by atoms with E-state index in [1.165, 1.54) is 12.8 Å². The fraction of sp³-hybridized carbons (Fsp3) is 0.500. The maximum atomic E-state index is 12.4. The molecule has 0 atom stereocenters. The number of nitrogens with zero attached hydrogens (tertiary/aromatic N) is 1. The van der Waals surface area contributed by atoms with Gasteiger partial charge in [0.05, 0.1) is 5.56 Å². The zero-order valence-corrected chi connectivity index (χ0v) is 12.2. The molecule has 1 fully saturated rings. The summed E-state index contributed by atoms with van der Waals surface area (Å²) in [6.07, 6.45) is 4.02. The second-order valence-corrected chi connectivity index (χ2v) is 6.37. The van der Waals surface area contributed by atoms with Gasteiger partial charge in [0.1, 0.15) is 0 Å². The molecule has 5 nitrogen and oxygen atoms in total. The number of fused-ring (bicyclic) bond motifs is 1. The molecular formula is C16H20N2O3. The van der Waals surface area contributed by atoms with Crippen LogP contribution in [0.5, 0.6) is 0 Å². The topological polar surface area (TPSA) is 69.6 Å². The minimum atomic E-state index is -0.930. The molecule has 0 radical (unpaired) electrons. The maximum Gasteiger partial charge on any atom is 0.335 e. The summed E-state index contributed by atoms with van der Waals surface area (Å²) in [5.41, 5.74) is 2.33. The predicted molar refractivity (Wildman–Crippen MR) is 79.8 cm³/mol. The van der Waals surface area contributed by atoms with E-state index in [9.17, 15) is 9.59 Å². The average molecular weight is 288 g/mol. The third kappa shape index (κ3) is 2.86. The van der Waals surface area contributed by atoms with Crippen molar-refractivity contribution >= 4 is 17.7 Å². The van der Waals surface area contributed by atoms with E-state index >= 15 is 0 Å². The molecule has 1 aliphatic heterocycles. The predicted octanol–water partition coefficient (Wildman–Crippen LogP) is 2.65. The number of aromatic carboxylic acids is 1. The van der Waals surface area contributed by atoms with E-state index in [2.05, 4.69) is 12.2 Å². The summed E-state index contributed by atoms with van der Waals surface area (Å²) < 4.78 is 0. The number of benzene rings is 1. The van der Waals surface area contributed by atoms with Crippen LogP contribution in [0.4, 0.5) is 10.5 Å². The summed E-state index contributed by atoms with van der Waals surface area (Å²) in [6.45, 7) is 3.57. The van der Waals surface area contributed by atoms with Gasteiger partial charge in [0.15, 0.2) is 0 Å². The van der Waals surface area contributed by atoms with E-state index in [-0.39, 0.29) is 17.0 Å². The van der Waals surface area contributed by atoms with Gasteiger partial charge in [0.2, 0.25) is 0 Å². The van der Waals surface area contributed by atoms with Gasteiger partial charge in [-0.3, -0.25) is 4.90 Å². The summed E-state index contributed by atoms with van der Waals surface area (Å²) in [5.74, 6) is -0.930. The quantitative estimate of drug-likeness (QED) is 0.898. The van der Waals surface area contributed by atoms with Crippen molar-refractivity contribution < 1.29 is 14.7 Å². The largest absolute Gasteiger partial charge is 0.478 e. The Kier molecular flexibility index (Phi) is 3.35. The molecule has 1 aromatic carbocycles. The van der Waals surface area contributed by atoms with Crippen LogP contribution in [0.15, 0.2) is 18.2 Å². The van der Waals surface area contributed by atoms with E-state index in [0.717, 1.165) is 24.1 Å². The average Bonchev–Trinajstić information content (AvgIpc) is 3.21. The Morgan fingerprint density at radius 1 is 1.38 bits per heavy atom. The fourth-order valence-electron chi connectivity index (χ4n) is 2.72. The lowest BCUT2D eigenvalue weighted by atomic mass is 9.99. The van der Waals surface area contributed by atoms with Crippen molar-refractivity contribution in [3.63, 3.8) is 0 Å². The van der Waals surface area contributed by atoms with Crippen LogP contribution < -0.4 is 10.2 Å². The van der Waals surface area contributed by atoms with Gasteiger partial charge in [0, 0.05) is 18.8 Å². The molecular weight excluding hydrogens is 268 g/mol. The van der Waals surface area contributed by atoms with Crippen LogP contribution >= 0.6 is 0 Å². The highest BCUT2D eigenvalue weighted by atomic mass is 16.4. The number of carbonyl (C=O) groups is 2. The Morgan fingerprint density at radius 3 is 2.81 bits per heavy atom. The first-order valence-electron chi connectivity index (χ1n) is 7.40. The van der Waals surface area contributed by atoms with Crippen LogP contribution in [0, 0.1) is 5.41 Å². The highest BCUT2D eigenvalue weighted by Gasteiger charge is 2.37. The lowest BCUT2D eigenvalue weighted by molar-refractivity contribution is 0.0696. The number of amides is 2. The molecule has 1 aliphatic carbocycles. The van der Waals surface area contributed by atoms with Crippen LogP contribution in [-0.2, 0) is 6.42 Å². The number of carboxylic acids is 1. The van der Waals surface area contributed by atoms with Crippen molar-refractivity contribution in [3.05, 3.63) is 29.3 Å². The zero-order valence-electron chi connectivity index (χ0n) is 12.2. The molecule has 2 amide bonds. The molecule has 2 N–H and O–H groups in total. The second kappa shape index (κ2) is 5.06. The van der Waals surface area contributed by atoms with Crippen molar-refractivity contribution in [1.82, 2.24) is 5.32 Å². The third-order valence-corrected chi connectivity index (χ3v) is 4.46. The highest BCUT2D eigenvalue weighted by Crippen LogP contribution is 2.44. The number of carboxylic acid groups (broad SMARTS) is 1. The summed E-state index contributed by atoms with van der Waals surface area (Å²) in [5, 5.41) is 12.1. The molecule has 112 valence electrons. The number of anilines is 1. The van der Waals surface area contributed by atoms with Gasteiger partial charge < -0.3 is 10.4 Å². The summed E-state index contributed by atoms with van der Waals surface area (Å²) in [4.78, 5) is 25.1. The van der Waals surface area contributed by atoms with Crippen LogP contribution in [-0.4, -0.2) is 30.2 Å². The van der Waals surface area contributed by atoms with Crippen molar-refractivity contribution in [1.29, 1.82) is 0 Å². The number of rotatable bonds is 3. The molecule has 0 unspecified atom stereocenters. The van der Waals surface area contributed by atoms with Gasteiger partial charge in [-0.15, -0.1) is 0 Å². The van der Waals surface area contributed by atoms with Gasteiger partial charge >= 0.3 is 12.0 Å². The third-order valence-electron chi connectivity index (χ3n) is 4.46. The van der Waals surface area contributed by atoms with E-state index < -0.39 is 5.97 Å². The van der Waals surface area contributed by atoms with Crippen LogP contribution in [0.1, 0.15) is 42.1 Å². The SMILES string of the molecule is CC1(CNC(=O)N2CCCc3cc(C(=O)O)ccc32)CC1. The van der Waals surface area contributed by atoms with Crippen molar-refractivity contribution in [2.24, 2.45) is 5.41 Å². The molecule has 1 aromatic rings. The maximum absolute atomic E-state index is 12.4.